The fourth-order valence-electron chi connectivity index (χ4n) is 3.37. The fraction of sp³-hybridized carbons (Fsp3) is 0.800. The summed E-state index contributed by atoms with van der Waals surface area (Å²) in [6, 6.07) is 0. The van der Waals surface area contributed by atoms with E-state index in [1.54, 1.807) is 0 Å². The van der Waals surface area contributed by atoms with Crippen LogP contribution in [-0.4, -0.2) is 16.1 Å². The van der Waals surface area contributed by atoms with Crippen LogP contribution in [0.15, 0.2) is 12.4 Å². The van der Waals surface area contributed by atoms with Gasteiger partial charge >= 0.3 is 0 Å². The second-order valence-corrected chi connectivity index (χ2v) is 5.67. The van der Waals surface area contributed by atoms with Crippen LogP contribution in [0.3, 0.4) is 0 Å². The number of nitrogens with zero attached hydrogens (tertiary/aromatic N) is 2. The molecule has 0 radical (unpaired) electrons. The van der Waals surface area contributed by atoms with Crippen LogP contribution in [0.4, 0.5) is 0 Å². The van der Waals surface area contributed by atoms with Gasteiger partial charge < -0.3 is 10.3 Å². The van der Waals surface area contributed by atoms with Crippen molar-refractivity contribution in [3.8, 4) is 0 Å². The van der Waals surface area contributed by atoms with Gasteiger partial charge in [-0.3, -0.25) is 0 Å². The Kier molecular flexibility index (Phi) is 4.81. The van der Waals surface area contributed by atoms with Crippen LogP contribution in [0.25, 0.3) is 0 Å². The Morgan fingerprint density at radius 3 is 2.89 bits per heavy atom. The molecule has 1 saturated carbocycles. The maximum Gasteiger partial charge on any atom is 0.112 e. The maximum atomic E-state index is 5.97. The monoisotopic (exact) mass is 249 g/mol. The number of rotatable bonds is 5. The van der Waals surface area contributed by atoms with Crippen molar-refractivity contribution in [2.75, 3.05) is 6.54 Å². The van der Waals surface area contributed by atoms with Crippen molar-refractivity contribution in [1.29, 1.82) is 0 Å². The Balaban J connectivity index is 2.18. The lowest BCUT2D eigenvalue weighted by Crippen LogP contribution is -2.30. The summed E-state index contributed by atoms with van der Waals surface area (Å²) in [7, 11) is 0. The third kappa shape index (κ3) is 2.77. The molecule has 0 aliphatic heterocycles. The highest BCUT2D eigenvalue weighted by Gasteiger charge is 2.32. The number of aromatic nitrogens is 2. The Bertz CT molecular complexity index is 358. The first-order valence-corrected chi connectivity index (χ1v) is 7.51. The zero-order chi connectivity index (χ0) is 13.0. The van der Waals surface area contributed by atoms with Crippen molar-refractivity contribution < 1.29 is 0 Å². The molecule has 0 bridgehead atoms. The smallest absolute Gasteiger partial charge is 0.112 e. The highest BCUT2D eigenvalue weighted by atomic mass is 15.1. The molecule has 3 nitrogen and oxygen atoms in total. The molecule has 102 valence electrons. The molecule has 0 amide bonds. The molecule has 0 aromatic carbocycles. The molecule has 1 aromatic rings. The molecule has 3 heteroatoms. The molecule has 1 aliphatic rings. The van der Waals surface area contributed by atoms with E-state index < -0.39 is 0 Å². The van der Waals surface area contributed by atoms with E-state index in [-0.39, 0.29) is 0 Å². The van der Waals surface area contributed by atoms with Crippen LogP contribution < -0.4 is 5.73 Å². The van der Waals surface area contributed by atoms with Gasteiger partial charge in [0.05, 0.1) is 0 Å². The van der Waals surface area contributed by atoms with E-state index in [0.717, 1.165) is 19.0 Å². The van der Waals surface area contributed by atoms with Crippen molar-refractivity contribution >= 4 is 0 Å². The Morgan fingerprint density at radius 2 is 2.22 bits per heavy atom. The number of hydrogen-bond donors (Lipinski definition) is 1. The first-order valence-electron chi connectivity index (χ1n) is 7.51. The third-order valence-corrected chi connectivity index (χ3v) is 4.53. The van der Waals surface area contributed by atoms with E-state index in [2.05, 4.69) is 29.6 Å². The van der Waals surface area contributed by atoms with Gasteiger partial charge in [0.1, 0.15) is 5.82 Å². The van der Waals surface area contributed by atoms with Gasteiger partial charge in [-0.15, -0.1) is 0 Å². The van der Waals surface area contributed by atoms with Gasteiger partial charge in [0.2, 0.25) is 0 Å². The fourth-order valence-corrected chi connectivity index (χ4v) is 3.37. The van der Waals surface area contributed by atoms with Crippen molar-refractivity contribution in [2.45, 2.75) is 58.4 Å². The van der Waals surface area contributed by atoms with Crippen LogP contribution in [0.1, 0.15) is 57.7 Å². The van der Waals surface area contributed by atoms with Crippen molar-refractivity contribution in [1.82, 2.24) is 9.55 Å². The summed E-state index contributed by atoms with van der Waals surface area (Å²) < 4.78 is 2.34. The summed E-state index contributed by atoms with van der Waals surface area (Å²) in [6.07, 6.45) is 10.4. The summed E-state index contributed by atoms with van der Waals surface area (Å²) in [6.45, 7) is 6.42. The van der Waals surface area contributed by atoms with Crippen LogP contribution in [0.2, 0.25) is 0 Å². The van der Waals surface area contributed by atoms with Crippen LogP contribution >= 0.6 is 0 Å². The normalized spacial score (nSPS) is 28.5. The molecule has 3 unspecified atom stereocenters. The van der Waals surface area contributed by atoms with Gasteiger partial charge in [0, 0.05) is 24.9 Å². The molecule has 2 N–H and O–H groups in total. The van der Waals surface area contributed by atoms with Crippen LogP contribution in [0, 0.1) is 11.8 Å². The molecule has 2 rings (SSSR count). The lowest BCUT2D eigenvalue weighted by molar-refractivity contribution is 0.225. The van der Waals surface area contributed by atoms with E-state index in [1.807, 2.05) is 6.20 Å². The van der Waals surface area contributed by atoms with Crippen molar-refractivity contribution in [2.24, 2.45) is 17.6 Å². The molecule has 1 aromatic heterocycles. The van der Waals surface area contributed by atoms with Crippen LogP contribution in [-0.2, 0) is 6.54 Å². The van der Waals surface area contributed by atoms with Gasteiger partial charge in [-0.2, -0.15) is 0 Å². The van der Waals surface area contributed by atoms with Gasteiger partial charge in [-0.1, -0.05) is 26.7 Å². The second kappa shape index (κ2) is 6.37. The lowest BCUT2D eigenvalue weighted by Gasteiger charge is -2.35. The quantitative estimate of drug-likeness (QED) is 0.871. The largest absolute Gasteiger partial charge is 0.335 e. The Labute approximate surface area is 111 Å². The standard InChI is InChI=1S/C15H27N3/c1-3-8-18-9-7-17-15(18)14-10-12(4-2)5-6-13(14)11-16/h7,9,12-14H,3-6,8,10-11,16H2,1-2H3. The molecule has 1 fully saturated rings. The predicted molar refractivity (Wildman–Crippen MR) is 75.4 cm³/mol. The van der Waals surface area contributed by atoms with Gasteiger partial charge in [-0.05, 0) is 37.6 Å². The van der Waals surface area contributed by atoms with E-state index in [0.29, 0.717) is 11.8 Å². The third-order valence-electron chi connectivity index (χ3n) is 4.53. The minimum Gasteiger partial charge on any atom is -0.335 e. The summed E-state index contributed by atoms with van der Waals surface area (Å²) >= 11 is 0. The highest BCUT2D eigenvalue weighted by molar-refractivity contribution is 5.05. The molecule has 3 atom stereocenters. The minimum atomic E-state index is 0.579. The topological polar surface area (TPSA) is 43.8 Å². The average molecular weight is 249 g/mol. The molecular weight excluding hydrogens is 222 g/mol. The minimum absolute atomic E-state index is 0.579. The molecule has 1 heterocycles. The first kappa shape index (κ1) is 13.6. The number of imidazole rings is 1. The Morgan fingerprint density at radius 1 is 1.39 bits per heavy atom. The van der Waals surface area contributed by atoms with E-state index in [9.17, 15) is 0 Å². The molecule has 18 heavy (non-hydrogen) atoms. The maximum absolute atomic E-state index is 5.97. The number of aryl methyl sites for hydroxylation is 1. The number of nitrogens with two attached hydrogens (primary N) is 1. The first-order chi connectivity index (χ1) is 8.80. The van der Waals surface area contributed by atoms with Crippen molar-refractivity contribution in [3.63, 3.8) is 0 Å². The zero-order valence-corrected chi connectivity index (χ0v) is 11.8. The molecular formula is C15H27N3. The summed E-state index contributed by atoms with van der Waals surface area (Å²) in [5.74, 6) is 3.36. The average Bonchev–Trinajstić information content (AvgIpc) is 2.86. The summed E-state index contributed by atoms with van der Waals surface area (Å²) in [5.41, 5.74) is 5.97. The molecule has 1 aliphatic carbocycles. The van der Waals surface area contributed by atoms with Crippen LogP contribution in [0.5, 0.6) is 0 Å². The van der Waals surface area contributed by atoms with Gasteiger partial charge in [0.15, 0.2) is 0 Å². The summed E-state index contributed by atoms with van der Waals surface area (Å²) in [4.78, 5) is 4.63. The number of hydrogen-bond acceptors (Lipinski definition) is 2. The second-order valence-electron chi connectivity index (χ2n) is 5.67. The van der Waals surface area contributed by atoms with Gasteiger partial charge in [-0.25, -0.2) is 4.98 Å². The zero-order valence-electron chi connectivity index (χ0n) is 11.8. The van der Waals surface area contributed by atoms with E-state index in [4.69, 9.17) is 5.73 Å². The summed E-state index contributed by atoms with van der Waals surface area (Å²) in [5, 5.41) is 0. The van der Waals surface area contributed by atoms with Crippen molar-refractivity contribution in [3.05, 3.63) is 18.2 Å². The van der Waals surface area contributed by atoms with E-state index in [1.165, 1.54) is 37.9 Å². The predicted octanol–water partition coefficient (Wildman–Crippen LogP) is 3.16. The SMILES string of the molecule is CCCn1ccnc1C1CC(CC)CCC1CN. The van der Waals surface area contributed by atoms with Gasteiger partial charge in [0.25, 0.3) is 0 Å². The Hall–Kier alpha value is -0.830. The molecule has 0 saturated heterocycles. The highest BCUT2D eigenvalue weighted by Crippen LogP contribution is 2.40. The lowest BCUT2D eigenvalue weighted by atomic mass is 9.73. The van der Waals surface area contributed by atoms with E-state index >= 15 is 0 Å². The molecule has 0 spiro atoms.